The molecule has 6 nitrogen and oxygen atoms in total. The molecule has 0 aliphatic carbocycles. The van der Waals surface area contributed by atoms with Crippen LogP contribution in [0.15, 0.2) is 42.4 Å². The summed E-state index contributed by atoms with van der Waals surface area (Å²) in [6, 6.07) is 1.87. The highest BCUT2D eigenvalue weighted by Crippen LogP contribution is 2.23. The summed E-state index contributed by atoms with van der Waals surface area (Å²) in [5, 5.41) is 9.01. The Bertz CT molecular complexity index is 597. The van der Waals surface area contributed by atoms with Gasteiger partial charge in [0.15, 0.2) is 0 Å². The molecule has 0 bridgehead atoms. The normalized spacial score (nSPS) is 15.9. The molecule has 0 saturated heterocycles. The van der Waals surface area contributed by atoms with Crippen molar-refractivity contribution in [2.45, 2.75) is 6.42 Å². The molecule has 0 saturated carbocycles. The van der Waals surface area contributed by atoms with Crippen molar-refractivity contribution >= 4 is 11.5 Å². The van der Waals surface area contributed by atoms with Crippen LogP contribution in [-0.2, 0) is 0 Å². The van der Waals surface area contributed by atoms with Crippen LogP contribution >= 0.6 is 0 Å². The maximum Gasteiger partial charge on any atom is 0.267 e. The Kier molecular flexibility index (Phi) is 5.85. The average Bonchev–Trinajstić information content (AvgIpc) is 3.20. The molecule has 2 rings (SSSR count). The van der Waals surface area contributed by atoms with Crippen molar-refractivity contribution in [3.63, 3.8) is 0 Å². The third kappa shape index (κ3) is 4.02. The first-order valence-corrected chi connectivity index (χ1v) is 7.40. The number of aromatic amines is 1. The van der Waals surface area contributed by atoms with Gasteiger partial charge in [-0.25, -0.2) is 0 Å². The highest BCUT2D eigenvalue weighted by molar-refractivity contribution is 5.94. The molecule has 22 heavy (non-hydrogen) atoms. The molecule has 1 aliphatic heterocycles. The van der Waals surface area contributed by atoms with Gasteiger partial charge in [0, 0.05) is 31.9 Å². The van der Waals surface area contributed by atoms with E-state index in [2.05, 4.69) is 20.9 Å². The Morgan fingerprint density at radius 2 is 2.36 bits per heavy atom. The summed E-state index contributed by atoms with van der Waals surface area (Å²) in [5.41, 5.74) is 9.22. The number of allylic oxidation sites excluding steroid dienone is 2. The van der Waals surface area contributed by atoms with Crippen LogP contribution in [0.2, 0.25) is 0 Å². The minimum atomic E-state index is -0.110. The van der Waals surface area contributed by atoms with Crippen LogP contribution in [0.25, 0.3) is 5.57 Å². The minimum absolute atomic E-state index is 0.110. The van der Waals surface area contributed by atoms with Gasteiger partial charge in [0.05, 0.1) is 0 Å². The van der Waals surface area contributed by atoms with Gasteiger partial charge < -0.3 is 26.7 Å². The second-order valence-electron chi connectivity index (χ2n) is 4.98. The molecule has 2 heterocycles. The van der Waals surface area contributed by atoms with Crippen molar-refractivity contribution in [2.24, 2.45) is 5.73 Å². The van der Waals surface area contributed by atoms with Gasteiger partial charge in [0.25, 0.3) is 5.91 Å². The van der Waals surface area contributed by atoms with E-state index in [0.29, 0.717) is 18.8 Å². The van der Waals surface area contributed by atoms with Gasteiger partial charge in [-0.3, -0.25) is 4.79 Å². The van der Waals surface area contributed by atoms with Crippen LogP contribution < -0.4 is 21.7 Å². The topological polar surface area (TPSA) is 95.0 Å². The van der Waals surface area contributed by atoms with E-state index in [1.54, 1.807) is 0 Å². The smallest absolute Gasteiger partial charge is 0.267 e. The zero-order chi connectivity index (χ0) is 15.8. The van der Waals surface area contributed by atoms with Crippen molar-refractivity contribution < 1.29 is 4.79 Å². The Hall–Kier alpha value is -2.47. The van der Waals surface area contributed by atoms with Gasteiger partial charge >= 0.3 is 0 Å². The lowest BCUT2D eigenvalue weighted by atomic mass is 10.0. The third-order valence-electron chi connectivity index (χ3n) is 3.36. The fraction of sp³-hybridized carbons (Fsp3) is 0.312. The second kappa shape index (κ2) is 8.09. The van der Waals surface area contributed by atoms with E-state index in [0.717, 1.165) is 24.1 Å². The second-order valence-corrected chi connectivity index (χ2v) is 4.98. The van der Waals surface area contributed by atoms with E-state index in [-0.39, 0.29) is 5.91 Å². The maximum atomic E-state index is 12.0. The summed E-state index contributed by atoms with van der Waals surface area (Å²) in [6.45, 7) is 1.94. The van der Waals surface area contributed by atoms with Gasteiger partial charge in [-0.1, -0.05) is 0 Å². The van der Waals surface area contributed by atoms with Gasteiger partial charge in [-0.05, 0) is 54.7 Å². The first kappa shape index (κ1) is 15.9. The van der Waals surface area contributed by atoms with E-state index >= 15 is 0 Å². The quantitative estimate of drug-likeness (QED) is 0.479. The van der Waals surface area contributed by atoms with E-state index in [1.807, 2.05) is 43.9 Å². The molecule has 118 valence electrons. The average molecular weight is 301 g/mol. The maximum absolute atomic E-state index is 12.0. The Labute approximate surface area is 130 Å². The van der Waals surface area contributed by atoms with Crippen molar-refractivity contribution in [3.05, 3.63) is 53.6 Å². The minimum Gasteiger partial charge on any atom is -0.394 e. The molecule has 6 N–H and O–H groups in total. The standard InChI is InChI=1S/C16H23N5O/c1-18-7-4-14(12-3-8-19-10-12)13-9-15(21-11-13)16(22)20-6-2-5-17/h3-4,7-9,11,18-19,21H,2,5-6,10,17H2,1H3,(H,20,22)/b7-4-,14-12+. The summed E-state index contributed by atoms with van der Waals surface area (Å²) in [7, 11) is 1.86. The van der Waals surface area contributed by atoms with Crippen molar-refractivity contribution in [1.29, 1.82) is 0 Å². The van der Waals surface area contributed by atoms with Gasteiger partial charge in [0.1, 0.15) is 5.69 Å². The predicted octanol–water partition coefficient (Wildman–Crippen LogP) is 0.697. The molecule has 1 aromatic rings. The Morgan fingerprint density at radius 1 is 1.50 bits per heavy atom. The highest BCUT2D eigenvalue weighted by atomic mass is 16.1. The van der Waals surface area contributed by atoms with Crippen LogP contribution in [0, 0.1) is 0 Å². The molecule has 0 fully saturated rings. The zero-order valence-electron chi connectivity index (χ0n) is 12.8. The third-order valence-corrected chi connectivity index (χ3v) is 3.36. The fourth-order valence-electron chi connectivity index (χ4n) is 2.21. The van der Waals surface area contributed by atoms with Crippen LogP contribution in [-0.4, -0.2) is 37.6 Å². The lowest BCUT2D eigenvalue weighted by Crippen LogP contribution is -2.26. The van der Waals surface area contributed by atoms with Crippen molar-refractivity contribution in [3.8, 4) is 0 Å². The molecule has 0 atom stereocenters. The first-order valence-electron chi connectivity index (χ1n) is 7.40. The van der Waals surface area contributed by atoms with Crippen LogP contribution in [0.5, 0.6) is 0 Å². The molecular formula is C16H23N5O. The number of carbonyl (C=O) groups is 1. The van der Waals surface area contributed by atoms with Crippen LogP contribution in [0.4, 0.5) is 0 Å². The van der Waals surface area contributed by atoms with E-state index in [4.69, 9.17) is 5.73 Å². The number of hydrogen-bond donors (Lipinski definition) is 5. The Morgan fingerprint density at radius 3 is 3.05 bits per heavy atom. The summed E-state index contributed by atoms with van der Waals surface area (Å²) >= 11 is 0. The summed E-state index contributed by atoms with van der Waals surface area (Å²) in [4.78, 5) is 15.1. The number of rotatable bonds is 7. The molecule has 0 radical (unpaired) electrons. The number of nitrogens with two attached hydrogens (primary N) is 1. The molecule has 6 heteroatoms. The summed E-state index contributed by atoms with van der Waals surface area (Å²) in [5.74, 6) is -0.110. The number of aromatic nitrogens is 1. The van der Waals surface area contributed by atoms with Crippen LogP contribution in [0.3, 0.4) is 0 Å². The number of carbonyl (C=O) groups excluding carboxylic acids is 1. The molecular weight excluding hydrogens is 278 g/mol. The summed E-state index contributed by atoms with van der Waals surface area (Å²) in [6.07, 6.45) is 10.5. The number of hydrogen-bond acceptors (Lipinski definition) is 4. The zero-order valence-corrected chi connectivity index (χ0v) is 12.8. The van der Waals surface area contributed by atoms with Gasteiger partial charge in [0.2, 0.25) is 0 Å². The largest absolute Gasteiger partial charge is 0.394 e. The number of nitrogens with one attached hydrogen (secondary N) is 4. The monoisotopic (exact) mass is 301 g/mol. The number of H-pyrrole nitrogens is 1. The Balaban J connectivity index is 2.17. The summed E-state index contributed by atoms with van der Waals surface area (Å²) < 4.78 is 0. The molecule has 0 unspecified atom stereocenters. The van der Waals surface area contributed by atoms with Gasteiger partial charge in [-0.15, -0.1) is 0 Å². The lowest BCUT2D eigenvalue weighted by molar-refractivity contribution is 0.0949. The van der Waals surface area contributed by atoms with Crippen molar-refractivity contribution in [1.82, 2.24) is 20.9 Å². The van der Waals surface area contributed by atoms with E-state index in [9.17, 15) is 4.79 Å². The highest BCUT2D eigenvalue weighted by Gasteiger charge is 2.12. The van der Waals surface area contributed by atoms with E-state index < -0.39 is 0 Å². The lowest BCUT2D eigenvalue weighted by Gasteiger charge is -2.04. The molecule has 0 aromatic carbocycles. The first-order chi connectivity index (χ1) is 10.8. The molecule has 1 aromatic heterocycles. The van der Waals surface area contributed by atoms with E-state index in [1.165, 1.54) is 5.57 Å². The predicted molar refractivity (Wildman–Crippen MR) is 89.1 cm³/mol. The fourth-order valence-corrected chi connectivity index (χ4v) is 2.21. The van der Waals surface area contributed by atoms with Crippen LogP contribution in [0.1, 0.15) is 22.5 Å². The van der Waals surface area contributed by atoms with Crippen molar-refractivity contribution in [2.75, 3.05) is 26.7 Å². The number of amides is 1. The molecule has 0 spiro atoms. The van der Waals surface area contributed by atoms with Gasteiger partial charge in [-0.2, -0.15) is 0 Å². The molecule has 1 amide bonds. The SMILES string of the molecule is CN/C=C\C(=C1\C=CNC1)c1c[nH]c(C(=O)NCCCN)c1. The molecule has 1 aliphatic rings.